The molecule has 0 aliphatic heterocycles. The largest absolute Gasteiger partial charge is 0.337 e. The Morgan fingerprint density at radius 3 is 2.82 bits per heavy atom. The second kappa shape index (κ2) is 6.75. The van der Waals surface area contributed by atoms with Crippen molar-refractivity contribution in [2.45, 2.75) is 31.3 Å². The number of amides is 1. The maximum absolute atomic E-state index is 12.1. The number of nitriles is 1. The van der Waals surface area contributed by atoms with Crippen LogP contribution in [0.1, 0.15) is 20.8 Å². The van der Waals surface area contributed by atoms with E-state index in [0.29, 0.717) is 0 Å². The first-order valence-electron chi connectivity index (χ1n) is 7.01. The molecule has 0 saturated carbocycles. The van der Waals surface area contributed by atoms with Gasteiger partial charge in [0, 0.05) is 5.39 Å². The summed E-state index contributed by atoms with van der Waals surface area (Å²) in [6.45, 7) is 5.56. The lowest BCUT2D eigenvalue weighted by Gasteiger charge is -2.27. The van der Waals surface area contributed by atoms with Crippen LogP contribution in [-0.4, -0.2) is 27.2 Å². The van der Waals surface area contributed by atoms with Crippen LogP contribution in [0.5, 0.6) is 0 Å². The van der Waals surface area contributed by atoms with Crippen molar-refractivity contribution >= 4 is 28.6 Å². The number of nitrogens with zero attached hydrogens (tertiary/aromatic N) is 3. The third-order valence-corrected chi connectivity index (χ3v) is 4.64. The maximum atomic E-state index is 12.1. The lowest BCUT2D eigenvalue weighted by atomic mass is 9.90. The normalized spacial score (nSPS) is 13.6. The highest BCUT2D eigenvalue weighted by Gasteiger charge is 2.29. The highest BCUT2D eigenvalue weighted by Crippen LogP contribution is 2.24. The van der Waals surface area contributed by atoms with Crippen LogP contribution in [-0.2, 0) is 4.79 Å². The molecule has 0 bridgehead atoms. The zero-order valence-corrected chi connectivity index (χ0v) is 13.6. The first kappa shape index (κ1) is 16.2. The van der Waals surface area contributed by atoms with Crippen molar-refractivity contribution in [3.63, 3.8) is 0 Å². The third kappa shape index (κ3) is 3.55. The summed E-state index contributed by atoms with van der Waals surface area (Å²) in [5.41, 5.74) is -0.00443. The summed E-state index contributed by atoms with van der Waals surface area (Å²) in [5.74, 6) is 0.0714. The number of fused-ring (bicyclic) bond motifs is 1. The Hall–Kier alpha value is -2.13. The molecule has 2 rings (SSSR count). The number of rotatable bonds is 5. The number of thioether (sulfide) groups is 1. The molecule has 0 spiro atoms. The van der Waals surface area contributed by atoms with E-state index in [4.69, 9.17) is 0 Å². The predicted octanol–water partition coefficient (Wildman–Crippen LogP) is 2.78. The molecular weight excluding hydrogens is 296 g/mol. The molecule has 0 radical (unpaired) electrons. The van der Waals surface area contributed by atoms with Crippen LogP contribution in [0.4, 0.5) is 0 Å². The molecule has 1 N–H and O–H groups in total. The van der Waals surface area contributed by atoms with Gasteiger partial charge in [-0.15, -0.1) is 0 Å². The first-order chi connectivity index (χ1) is 10.5. The SMILES string of the molecule is CC(C)C(C)(C#N)NC(=O)CSc1ncnc2ccccc12. The molecule has 0 fully saturated rings. The summed E-state index contributed by atoms with van der Waals surface area (Å²) in [4.78, 5) is 20.5. The fourth-order valence-corrected chi connectivity index (χ4v) is 2.65. The quantitative estimate of drug-likeness (QED) is 0.678. The average Bonchev–Trinajstić information content (AvgIpc) is 2.52. The summed E-state index contributed by atoms with van der Waals surface area (Å²) < 4.78 is 0. The Kier molecular flexibility index (Phi) is 4.99. The van der Waals surface area contributed by atoms with E-state index in [1.54, 1.807) is 6.92 Å². The van der Waals surface area contributed by atoms with E-state index in [-0.39, 0.29) is 17.6 Å². The van der Waals surface area contributed by atoms with Gasteiger partial charge in [0.15, 0.2) is 0 Å². The summed E-state index contributed by atoms with van der Waals surface area (Å²) in [6, 6.07) is 9.84. The van der Waals surface area contributed by atoms with Gasteiger partial charge in [0.05, 0.1) is 17.3 Å². The molecule has 0 aliphatic carbocycles. The average molecular weight is 314 g/mol. The van der Waals surface area contributed by atoms with Gasteiger partial charge in [-0.2, -0.15) is 5.26 Å². The van der Waals surface area contributed by atoms with Crippen LogP contribution >= 0.6 is 11.8 Å². The highest BCUT2D eigenvalue weighted by atomic mass is 32.2. The van der Waals surface area contributed by atoms with Crippen LogP contribution in [0.2, 0.25) is 0 Å². The first-order valence-corrected chi connectivity index (χ1v) is 7.99. The molecule has 2 aromatic rings. The van der Waals surface area contributed by atoms with E-state index in [9.17, 15) is 10.1 Å². The Labute approximate surface area is 134 Å². The molecular formula is C16H18N4OS. The minimum absolute atomic E-state index is 0.0336. The van der Waals surface area contributed by atoms with Gasteiger partial charge in [0.1, 0.15) is 16.9 Å². The predicted molar refractivity (Wildman–Crippen MR) is 87.3 cm³/mol. The van der Waals surface area contributed by atoms with Crippen molar-refractivity contribution in [1.29, 1.82) is 5.26 Å². The number of hydrogen-bond acceptors (Lipinski definition) is 5. The molecule has 1 unspecified atom stereocenters. The van der Waals surface area contributed by atoms with Gasteiger partial charge < -0.3 is 5.32 Å². The third-order valence-electron chi connectivity index (χ3n) is 3.63. The number of carbonyl (C=O) groups excluding carboxylic acids is 1. The molecule has 1 atom stereocenters. The number of benzene rings is 1. The lowest BCUT2D eigenvalue weighted by molar-refractivity contribution is -0.120. The van der Waals surface area contributed by atoms with Crippen molar-refractivity contribution in [2.24, 2.45) is 5.92 Å². The molecule has 1 amide bonds. The Balaban J connectivity index is 2.06. The number of aromatic nitrogens is 2. The Morgan fingerprint density at radius 1 is 1.41 bits per heavy atom. The Bertz CT molecular complexity index is 720. The Morgan fingerprint density at radius 2 is 2.14 bits per heavy atom. The number of hydrogen-bond donors (Lipinski definition) is 1. The molecule has 1 aromatic carbocycles. The molecule has 5 nitrogen and oxygen atoms in total. The topological polar surface area (TPSA) is 78.7 Å². The zero-order valence-electron chi connectivity index (χ0n) is 12.8. The highest BCUT2D eigenvalue weighted by molar-refractivity contribution is 8.00. The molecule has 22 heavy (non-hydrogen) atoms. The molecule has 114 valence electrons. The van der Waals surface area contributed by atoms with Crippen LogP contribution < -0.4 is 5.32 Å². The molecule has 0 saturated heterocycles. The van der Waals surface area contributed by atoms with Crippen LogP contribution in [0, 0.1) is 17.2 Å². The minimum Gasteiger partial charge on any atom is -0.337 e. The molecule has 0 aliphatic rings. The van der Waals surface area contributed by atoms with E-state index in [1.807, 2.05) is 38.1 Å². The maximum Gasteiger partial charge on any atom is 0.231 e. The number of carbonyl (C=O) groups is 1. The van der Waals surface area contributed by atoms with Crippen LogP contribution in [0.25, 0.3) is 10.9 Å². The number of para-hydroxylation sites is 1. The van der Waals surface area contributed by atoms with Gasteiger partial charge in [0.2, 0.25) is 5.91 Å². The van der Waals surface area contributed by atoms with Crippen molar-refractivity contribution in [3.8, 4) is 6.07 Å². The summed E-state index contributed by atoms with van der Waals surface area (Å²) in [6.07, 6.45) is 1.50. The molecule has 6 heteroatoms. The number of nitrogens with one attached hydrogen (secondary N) is 1. The lowest BCUT2D eigenvalue weighted by Crippen LogP contribution is -2.49. The van der Waals surface area contributed by atoms with Gasteiger partial charge in [-0.05, 0) is 18.9 Å². The van der Waals surface area contributed by atoms with Gasteiger partial charge in [-0.1, -0.05) is 43.8 Å². The van der Waals surface area contributed by atoms with Gasteiger partial charge in [-0.3, -0.25) is 4.79 Å². The fourth-order valence-electron chi connectivity index (χ4n) is 1.86. The van der Waals surface area contributed by atoms with E-state index in [0.717, 1.165) is 15.9 Å². The van der Waals surface area contributed by atoms with Crippen LogP contribution in [0.3, 0.4) is 0 Å². The van der Waals surface area contributed by atoms with Crippen molar-refractivity contribution in [2.75, 3.05) is 5.75 Å². The summed E-state index contributed by atoms with van der Waals surface area (Å²) in [7, 11) is 0. The summed E-state index contributed by atoms with van der Waals surface area (Å²) in [5, 5.41) is 13.7. The monoisotopic (exact) mass is 314 g/mol. The van der Waals surface area contributed by atoms with Crippen molar-refractivity contribution in [1.82, 2.24) is 15.3 Å². The van der Waals surface area contributed by atoms with E-state index >= 15 is 0 Å². The van der Waals surface area contributed by atoms with Crippen LogP contribution in [0.15, 0.2) is 35.6 Å². The van der Waals surface area contributed by atoms with E-state index in [1.165, 1.54) is 18.1 Å². The van der Waals surface area contributed by atoms with Gasteiger partial charge in [-0.25, -0.2) is 9.97 Å². The summed E-state index contributed by atoms with van der Waals surface area (Å²) >= 11 is 1.35. The standard InChI is InChI=1S/C16H18N4OS/c1-11(2)16(3,9-17)20-14(21)8-22-15-12-6-4-5-7-13(12)18-10-19-15/h4-7,10-11H,8H2,1-3H3,(H,20,21). The fraction of sp³-hybridized carbons (Fsp3) is 0.375. The zero-order chi connectivity index (χ0) is 16.2. The second-order valence-corrected chi connectivity index (χ2v) is 6.47. The second-order valence-electron chi connectivity index (χ2n) is 5.50. The van der Waals surface area contributed by atoms with Crippen molar-refractivity contribution < 1.29 is 4.79 Å². The smallest absolute Gasteiger partial charge is 0.231 e. The minimum atomic E-state index is -0.856. The van der Waals surface area contributed by atoms with Gasteiger partial charge in [0.25, 0.3) is 0 Å². The molecule has 1 aromatic heterocycles. The van der Waals surface area contributed by atoms with E-state index in [2.05, 4.69) is 21.4 Å². The van der Waals surface area contributed by atoms with E-state index < -0.39 is 5.54 Å². The molecule has 1 heterocycles. The van der Waals surface area contributed by atoms with Gasteiger partial charge >= 0.3 is 0 Å². The van der Waals surface area contributed by atoms with Crippen molar-refractivity contribution in [3.05, 3.63) is 30.6 Å².